The Bertz CT molecular complexity index is 1310. The first-order chi connectivity index (χ1) is 15.5. The summed E-state index contributed by atoms with van der Waals surface area (Å²) in [6, 6.07) is 20.7. The van der Waals surface area contributed by atoms with Gasteiger partial charge in [0.2, 0.25) is 5.88 Å². The second-order valence-electron chi connectivity index (χ2n) is 9.20. The van der Waals surface area contributed by atoms with Gasteiger partial charge in [-0.2, -0.15) is 10.2 Å². The molecule has 4 aromatic rings. The normalized spacial score (nSPS) is 20.8. The van der Waals surface area contributed by atoms with Gasteiger partial charge < -0.3 is 4.74 Å². The molecule has 5 nitrogen and oxygen atoms in total. The zero-order chi connectivity index (χ0) is 22.0. The topological polar surface area (TPSA) is 44.9 Å². The van der Waals surface area contributed by atoms with E-state index in [1.165, 1.54) is 16.2 Å². The Morgan fingerprint density at radius 3 is 2.06 bits per heavy atom. The highest BCUT2D eigenvalue weighted by atomic mass is 32.2. The van der Waals surface area contributed by atoms with Gasteiger partial charge in [-0.15, -0.1) is 11.8 Å². The van der Waals surface area contributed by atoms with Crippen LogP contribution in [0.3, 0.4) is 0 Å². The van der Waals surface area contributed by atoms with Gasteiger partial charge in [0.1, 0.15) is 10.6 Å². The fourth-order valence-corrected chi connectivity index (χ4v) is 6.85. The minimum atomic E-state index is -0.317. The molecule has 0 spiro atoms. The number of hydrogen-bond acceptors (Lipinski definition) is 4. The van der Waals surface area contributed by atoms with E-state index in [2.05, 4.69) is 68.8 Å². The van der Waals surface area contributed by atoms with Gasteiger partial charge in [-0.1, -0.05) is 36.4 Å². The molecule has 0 fully saturated rings. The third-order valence-electron chi connectivity index (χ3n) is 6.80. The summed E-state index contributed by atoms with van der Waals surface area (Å²) >= 11 is 1.90. The van der Waals surface area contributed by atoms with Crippen LogP contribution in [0, 0.1) is 19.8 Å². The van der Waals surface area contributed by atoms with Gasteiger partial charge in [0.15, 0.2) is 0 Å². The molecule has 162 valence electrons. The molecular formula is C26H26N4OS. The summed E-state index contributed by atoms with van der Waals surface area (Å²) < 4.78 is 10.8. The lowest BCUT2D eigenvalue weighted by Crippen LogP contribution is -2.47. The van der Waals surface area contributed by atoms with E-state index in [1.54, 1.807) is 0 Å². The van der Waals surface area contributed by atoms with Crippen molar-refractivity contribution in [1.29, 1.82) is 0 Å². The average molecular weight is 443 g/mol. The summed E-state index contributed by atoms with van der Waals surface area (Å²) in [6.07, 6.45) is 0. The van der Waals surface area contributed by atoms with E-state index in [0.717, 1.165) is 34.4 Å². The zero-order valence-corrected chi connectivity index (χ0v) is 19.6. The minimum Gasteiger partial charge on any atom is -0.471 e. The molecule has 2 aliphatic heterocycles. The number of nitrogens with zero attached hydrogens (tertiary/aromatic N) is 4. The lowest BCUT2D eigenvalue weighted by molar-refractivity contribution is 0.0198. The van der Waals surface area contributed by atoms with Crippen molar-refractivity contribution in [3.8, 4) is 17.3 Å². The average Bonchev–Trinajstić information content (AvgIpc) is 3.31. The molecule has 0 aliphatic carbocycles. The van der Waals surface area contributed by atoms with Crippen LogP contribution in [0.25, 0.3) is 11.4 Å². The minimum absolute atomic E-state index is 0.208. The van der Waals surface area contributed by atoms with Gasteiger partial charge in [0.25, 0.3) is 0 Å². The molecule has 32 heavy (non-hydrogen) atoms. The molecule has 0 radical (unpaired) electrons. The number of benzene rings is 2. The summed E-state index contributed by atoms with van der Waals surface area (Å²) in [5.41, 5.74) is 6.45. The first-order valence-corrected chi connectivity index (χ1v) is 12.1. The predicted octanol–water partition coefficient (Wildman–Crippen LogP) is 5.70. The van der Waals surface area contributed by atoms with E-state index in [-0.39, 0.29) is 11.5 Å². The van der Waals surface area contributed by atoms with E-state index in [1.807, 2.05) is 40.7 Å². The van der Waals surface area contributed by atoms with Crippen LogP contribution in [-0.2, 0) is 0 Å². The Morgan fingerprint density at radius 1 is 0.844 bits per heavy atom. The van der Waals surface area contributed by atoms with E-state index < -0.39 is 0 Å². The number of thioether (sulfide) groups is 1. The number of hydrogen-bond donors (Lipinski definition) is 0. The zero-order valence-electron chi connectivity index (χ0n) is 18.7. The Morgan fingerprint density at radius 2 is 1.41 bits per heavy atom. The highest BCUT2D eigenvalue weighted by Crippen LogP contribution is 2.56. The summed E-state index contributed by atoms with van der Waals surface area (Å²) in [5.74, 6) is 2.40. The standard InChI is InChI=1S/C26H26N4OS/c1-16-21-23-20(26(3,4)31-24(21)29(27-16)18-11-7-5-8-12-18)15-32-25-22(23)17(2)28-30(25)19-13-9-6-10-14-19/h5-14,20,23H,15H2,1-4H3/t20-,23+/m0/s1. The van der Waals surface area contributed by atoms with Crippen molar-refractivity contribution in [2.75, 3.05) is 5.75 Å². The van der Waals surface area contributed by atoms with Crippen LogP contribution in [0.5, 0.6) is 5.88 Å². The van der Waals surface area contributed by atoms with Crippen molar-refractivity contribution in [2.24, 2.45) is 5.92 Å². The molecular weight excluding hydrogens is 416 g/mol. The van der Waals surface area contributed by atoms with Crippen molar-refractivity contribution < 1.29 is 4.74 Å². The third-order valence-corrected chi connectivity index (χ3v) is 8.00. The number of aromatic nitrogens is 4. The van der Waals surface area contributed by atoms with Gasteiger partial charge in [0, 0.05) is 28.7 Å². The van der Waals surface area contributed by atoms with E-state index in [4.69, 9.17) is 14.9 Å². The maximum absolute atomic E-state index is 6.70. The number of fused-ring (bicyclic) bond motifs is 5. The summed E-state index contributed by atoms with van der Waals surface area (Å²) in [5, 5.41) is 11.2. The van der Waals surface area contributed by atoms with Crippen molar-refractivity contribution in [3.63, 3.8) is 0 Å². The first-order valence-electron chi connectivity index (χ1n) is 11.1. The number of rotatable bonds is 2. The van der Waals surface area contributed by atoms with Crippen molar-refractivity contribution >= 4 is 11.8 Å². The Hall–Kier alpha value is -2.99. The van der Waals surface area contributed by atoms with E-state index >= 15 is 0 Å². The summed E-state index contributed by atoms with van der Waals surface area (Å²) in [6.45, 7) is 8.68. The molecule has 2 atom stereocenters. The molecule has 0 N–H and O–H groups in total. The number of ether oxygens (including phenoxy) is 1. The van der Waals surface area contributed by atoms with Crippen molar-refractivity contribution in [2.45, 2.75) is 44.2 Å². The van der Waals surface area contributed by atoms with Crippen LogP contribution < -0.4 is 4.74 Å². The maximum atomic E-state index is 6.70. The van der Waals surface area contributed by atoms with E-state index in [0.29, 0.717) is 5.92 Å². The van der Waals surface area contributed by atoms with Crippen LogP contribution >= 0.6 is 11.8 Å². The fraction of sp³-hybridized carbons (Fsp3) is 0.308. The van der Waals surface area contributed by atoms with Crippen LogP contribution in [0.2, 0.25) is 0 Å². The van der Waals surface area contributed by atoms with Crippen LogP contribution in [0.15, 0.2) is 65.7 Å². The molecule has 0 saturated heterocycles. The quantitative estimate of drug-likeness (QED) is 0.399. The third kappa shape index (κ3) is 2.78. The molecule has 0 amide bonds. The lowest BCUT2D eigenvalue weighted by atomic mass is 9.72. The number of para-hydroxylation sites is 2. The molecule has 6 heteroatoms. The summed E-state index contributed by atoms with van der Waals surface area (Å²) in [4.78, 5) is 0. The molecule has 2 aliphatic rings. The van der Waals surface area contributed by atoms with Gasteiger partial charge in [-0.3, -0.25) is 0 Å². The molecule has 0 bridgehead atoms. The van der Waals surface area contributed by atoms with Crippen LogP contribution in [0.4, 0.5) is 0 Å². The first kappa shape index (κ1) is 19.7. The predicted molar refractivity (Wildman–Crippen MR) is 127 cm³/mol. The molecule has 0 saturated carbocycles. The van der Waals surface area contributed by atoms with Crippen molar-refractivity contribution in [1.82, 2.24) is 19.6 Å². The van der Waals surface area contributed by atoms with Crippen molar-refractivity contribution in [3.05, 3.63) is 83.2 Å². The van der Waals surface area contributed by atoms with Crippen LogP contribution in [0.1, 0.15) is 42.3 Å². The smallest absolute Gasteiger partial charge is 0.221 e. The lowest BCUT2D eigenvalue weighted by Gasteiger charge is -2.46. The van der Waals surface area contributed by atoms with Gasteiger partial charge in [-0.05, 0) is 52.0 Å². The largest absolute Gasteiger partial charge is 0.471 e. The second-order valence-corrected chi connectivity index (χ2v) is 10.2. The van der Waals surface area contributed by atoms with E-state index in [9.17, 15) is 0 Å². The molecule has 2 aromatic carbocycles. The molecule has 4 heterocycles. The highest BCUT2D eigenvalue weighted by molar-refractivity contribution is 7.99. The molecule has 0 unspecified atom stereocenters. The van der Waals surface area contributed by atoms with Crippen LogP contribution in [-0.4, -0.2) is 30.9 Å². The fourth-order valence-electron chi connectivity index (χ4n) is 5.22. The SMILES string of the molecule is Cc1nn(-c2ccccc2)c2c1[C@@H]1c3c(C)nn(-c4ccccc4)c3SC[C@@H]1C(C)(C)O2. The van der Waals surface area contributed by atoms with Gasteiger partial charge >= 0.3 is 0 Å². The second kappa shape index (κ2) is 7.01. The number of aryl methyl sites for hydroxylation is 2. The Balaban J connectivity index is 1.58. The molecule has 6 rings (SSSR count). The highest BCUT2D eigenvalue weighted by Gasteiger charge is 2.51. The monoisotopic (exact) mass is 442 g/mol. The maximum Gasteiger partial charge on any atom is 0.221 e. The Labute approximate surface area is 192 Å². The Kier molecular flexibility index (Phi) is 4.31. The van der Waals surface area contributed by atoms with Gasteiger partial charge in [-0.25, -0.2) is 9.36 Å². The van der Waals surface area contributed by atoms with Gasteiger partial charge in [0.05, 0.1) is 22.8 Å². The molecule has 2 aromatic heterocycles. The summed E-state index contributed by atoms with van der Waals surface area (Å²) in [7, 11) is 0.